The minimum atomic E-state index is 0.329. The molecule has 1 aliphatic rings. The molecule has 1 atom stereocenters. The number of hydrogen-bond donors (Lipinski definition) is 0. The van der Waals surface area contributed by atoms with Crippen LogP contribution in [0.15, 0.2) is 23.6 Å². The van der Waals surface area contributed by atoms with Gasteiger partial charge in [-0.05, 0) is 49.4 Å². The smallest absolute Gasteiger partial charge is 0.130 e. The van der Waals surface area contributed by atoms with Crippen LogP contribution in [0.1, 0.15) is 34.7 Å². The van der Waals surface area contributed by atoms with Gasteiger partial charge < -0.3 is 4.90 Å². The zero-order chi connectivity index (χ0) is 13.4. The van der Waals surface area contributed by atoms with Gasteiger partial charge in [0.15, 0.2) is 0 Å². The van der Waals surface area contributed by atoms with Crippen LogP contribution in [-0.2, 0) is 6.42 Å². The lowest BCUT2D eigenvalue weighted by Crippen LogP contribution is -2.33. The Bertz CT molecular complexity index is 654. The van der Waals surface area contributed by atoms with Gasteiger partial charge in [-0.25, -0.2) is 4.98 Å². The third-order valence-corrected chi connectivity index (χ3v) is 4.64. The maximum atomic E-state index is 9.08. The largest absolute Gasteiger partial charge is 0.349 e. The van der Waals surface area contributed by atoms with Crippen LogP contribution in [0.3, 0.4) is 0 Å². The van der Waals surface area contributed by atoms with Crippen LogP contribution < -0.4 is 4.90 Å². The van der Waals surface area contributed by atoms with Crippen LogP contribution in [0, 0.1) is 18.3 Å². The molecule has 2 aromatic heterocycles. The summed E-state index contributed by atoms with van der Waals surface area (Å²) in [5.74, 6) is 0.918. The van der Waals surface area contributed by atoms with Crippen LogP contribution >= 0.6 is 11.3 Å². The van der Waals surface area contributed by atoms with E-state index in [0.717, 1.165) is 24.5 Å². The van der Waals surface area contributed by atoms with Crippen molar-refractivity contribution in [3.63, 3.8) is 0 Å². The SMILES string of the molecule is Cc1cc(C#N)cc(N2CCc3sccc3C2C)n1. The van der Waals surface area contributed by atoms with Gasteiger partial charge in [-0.1, -0.05) is 0 Å². The molecule has 0 N–H and O–H groups in total. The zero-order valence-corrected chi connectivity index (χ0v) is 11.9. The quantitative estimate of drug-likeness (QED) is 0.796. The molecule has 0 radical (unpaired) electrons. The van der Waals surface area contributed by atoms with Gasteiger partial charge in [0.25, 0.3) is 0 Å². The number of pyridine rings is 1. The normalized spacial score (nSPS) is 17.9. The average molecular weight is 269 g/mol. The van der Waals surface area contributed by atoms with E-state index in [4.69, 9.17) is 5.26 Å². The maximum absolute atomic E-state index is 9.08. The Hall–Kier alpha value is -1.86. The highest BCUT2D eigenvalue weighted by Crippen LogP contribution is 2.35. The van der Waals surface area contributed by atoms with E-state index >= 15 is 0 Å². The number of aryl methyl sites for hydroxylation is 1. The lowest BCUT2D eigenvalue weighted by molar-refractivity contribution is 0.624. The van der Waals surface area contributed by atoms with Crippen LogP contribution in [0.5, 0.6) is 0 Å². The number of nitrogens with zero attached hydrogens (tertiary/aromatic N) is 3. The van der Waals surface area contributed by atoms with Crippen molar-refractivity contribution in [2.24, 2.45) is 0 Å². The fourth-order valence-electron chi connectivity index (χ4n) is 2.69. The van der Waals surface area contributed by atoms with Crippen molar-refractivity contribution in [1.82, 2.24) is 4.98 Å². The van der Waals surface area contributed by atoms with E-state index in [1.807, 2.05) is 30.4 Å². The van der Waals surface area contributed by atoms with E-state index in [9.17, 15) is 0 Å². The molecule has 3 heterocycles. The molecule has 0 bridgehead atoms. The van der Waals surface area contributed by atoms with Crippen molar-refractivity contribution >= 4 is 17.2 Å². The summed E-state index contributed by atoms with van der Waals surface area (Å²) in [5.41, 5.74) is 2.99. The molecular formula is C15H15N3S. The highest BCUT2D eigenvalue weighted by atomic mass is 32.1. The first-order chi connectivity index (χ1) is 9.19. The molecule has 19 heavy (non-hydrogen) atoms. The second kappa shape index (κ2) is 4.67. The second-order valence-electron chi connectivity index (χ2n) is 4.89. The minimum absolute atomic E-state index is 0.329. The third kappa shape index (κ3) is 2.11. The Kier molecular flexibility index (Phi) is 3.00. The molecule has 0 saturated heterocycles. The highest BCUT2D eigenvalue weighted by Gasteiger charge is 2.25. The average Bonchev–Trinajstić information content (AvgIpc) is 2.87. The van der Waals surface area contributed by atoms with Crippen molar-refractivity contribution in [3.05, 3.63) is 45.3 Å². The Labute approximate surface area is 117 Å². The Balaban J connectivity index is 2.00. The molecular weight excluding hydrogens is 254 g/mol. The Morgan fingerprint density at radius 1 is 1.47 bits per heavy atom. The van der Waals surface area contributed by atoms with Gasteiger partial charge in [0, 0.05) is 17.1 Å². The van der Waals surface area contributed by atoms with Crippen LogP contribution in [0.4, 0.5) is 5.82 Å². The van der Waals surface area contributed by atoms with Crippen molar-refractivity contribution in [2.45, 2.75) is 26.3 Å². The molecule has 2 aromatic rings. The predicted octanol–water partition coefficient (Wildman–Crippen LogP) is 3.45. The lowest BCUT2D eigenvalue weighted by atomic mass is 10.0. The summed E-state index contributed by atoms with van der Waals surface area (Å²) in [6.07, 6.45) is 1.06. The predicted molar refractivity (Wildman–Crippen MR) is 77.5 cm³/mol. The summed E-state index contributed by atoms with van der Waals surface area (Å²) in [6, 6.07) is 8.46. The summed E-state index contributed by atoms with van der Waals surface area (Å²) < 4.78 is 0. The molecule has 1 aliphatic heterocycles. The monoisotopic (exact) mass is 269 g/mol. The van der Waals surface area contributed by atoms with Gasteiger partial charge in [0.05, 0.1) is 17.7 Å². The van der Waals surface area contributed by atoms with Gasteiger partial charge in [-0.2, -0.15) is 5.26 Å². The molecule has 96 valence electrons. The Morgan fingerprint density at radius 2 is 2.32 bits per heavy atom. The Morgan fingerprint density at radius 3 is 3.11 bits per heavy atom. The number of hydrogen-bond acceptors (Lipinski definition) is 4. The standard InChI is InChI=1S/C15H15N3S/c1-10-7-12(9-16)8-15(17-10)18-5-3-14-13(11(18)2)4-6-19-14/h4,6-8,11H,3,5H2,1-2H3. The molecule has 0 fully saturated rings. The number of thiophene rings is 1. The highest BCUT2D eigenvalue weighted by molar-refractivity contribution is 7.10. The molecule has 3 rings (SSSR count). The first kappa shape index (κ1) is 12.2. The molecule has 1 unspecified atom stereocenters. The first-order valence-electron chi connectivity index (χ1n) is 6.40. The second-order valence-corrected chi connectivity index (χ2v) is 5.89. The van der Waals surface area contributed by atoms with Crippen molar-refractivity contribution in [2.75, 3.05) is 11.4 Å². The summed E-state index contributed by atoms with van der Waals surface area (Å²) in [4.78, 5) is 8.37. The van der Waals surface area contributed by atoms with Crippen LogP contribution in [0.25, 0.3) is 0 Å². The number of rotatable bonds is 1. The lowest BCUT2D eigenvalue weighted by Gasteiger charge is -2.34. The fraction of sp³-hybridized carbons (Fsp3) is 0.333. The van der Waals surface area contributed by atoms with E-state index in [0.29, 0.717) is 11.6 Å². The maximum Gasteiger partial charge on any atom is 0.130 e. The van der Waals surface area contributed by atoms with Crippen molar-refractivity contribution in [1.29, 1.82) is 5.26 Å². The van der Waals surface area contributed by atoms with E-state index in [-0.39, 0.29) is 0 Å². The molecule has 0 spiro atoms. The van der Waals surface area contributed by atoms with E-state index in [1.165, 1.54) is 10.4 Å². The van der Waals surface area contributed by atoms with E-state index in [2.05, 4.69) is 34.3 Å². The number of aromatic nitrogens is 1. The van der Waals surface area contributed by atoms with Gasteiger partial charge in [-0.3, -0.25) is 0 Å². The van der Waals surface area contributed by atoms with E-state index in [1.54, 1.807) is 0 Å². The van der Waals surface area contributed by atoms with Gasteiger partial charge in [0.1, 0.15) is 5.82 Å². The van der Waals surface area contributed by atoms with Crippen molar-refractivity contribution in [3.8, 4) is 6.07 Å². The molecule has 3 nitrogen and oxygen atoms in total. The summed E-state index contributed by atoms with van der Waals surface area (Å²) in [7, 11) is 0. The summed E-state index contributed by atoms with van der Waals surface area (Å²) in [5, 5.41) is 11.2. The topological polar surface area (TPSA) is 39.9 Å². The van der Waals surface area contributed by atoms with Gasteiger partial charge >= 0.3 is 0 Å². The molecule has 4 heteroatoms. The number of fused-ring (bicyclic) bond motifs is 1. The van der Waals surface area contributed by atoms with Gasteiger partial charge in [0.2, 0.25) is 0 Å². The molecule has 0 amide bonds. The summed E-state index contributed by atoms with van der Waals surface area (Å²) in [6.45, 7) is 5.12. The first-order valence-corrected chi connectivity index (χ1v) is 7.28. The zero-order valence-electron chi connectivity index (χ0n) is 11.1. The molecule has 0 saturated carbocycles. The van der Waals surface area contributed by atoms with Crippen molar-refractivity contribution < 1.29 is 0 Å². The van der Waals surface area contributed by atoms with E-state index < -0.39 is 0 Å². The molecule has 0 aromatic carbocycles. The third-order valence-electron chi connectivity index (χ3n) is 3.64. The minimum Gasteiger partial charge on any atom is -0.349 e. The fourth-order valence-corrected chi connectivity index (χ4v) is 3.65. The number of anilines is 1. The summed E-state index contributed by atoms with van der Waals surface area (Å²) >= 11 is 1.84. The van der Waals surface area contributed by atoms with Crippen LogP contribution in [0.2, 0.25) is 0 Å². The number of nitriles is 1. The van der Waals surface area contributed by atoms with Gasteiger partial charge in [-0.15, -0.1) is 11.3 Å². The molecule has 0 aliphatic carbocycles. The van der Waals surface area contributed by atoms with Crippen LogP contribution in [-0.4, -0.2) is 11.5 Å².